The predicted molar refractivity (Wildman–Crippen MR) is 56.5 cm³/mol. The summed E-state index contributed by atoms with van der Waals surface area (Å²) < 4.78 is 0. The Kier molecular flexibility index (Phi) is 2.16. The molecule has 1 amide bonds. The van der Waals surface area contributed by atoms with Gasteiger partial charge in [-0.3, -0.25) is 20.5 Å². The van der Waals surface area contributed by atoms with Gasteiger partial charge < -0.3 is 0 Å². The Hall–Kier alpha value is -1.50. The van der Waals surface area contributed by atoms with Gasteiger partial charge in [0.1, 0.15) is 5.04 Å². The van der Waals surface area contributed by atoms with Gasteiger partial charge in [-0.1, -0.05) is 0 Å². The lowest BCUT2D eigenvalue weighted by atomic mass is 10.2. The third-order valence-electron chi connectivity index (χ3n) is 1.73. The van der Waals surface area contributed by atoms with E-state index < -0.39 is 6.04 Å². The van der Waals surface area contributed by atoms with Gasteiger partial charge in [0.25, 0.3) is 5.91 Å². The van der Waals surface area contributed by atoms with Gasteiger partial charge in [0.05, 0.1) is 6.21 Å². The highest BCUT2D eigenvalue weighted by molar-refractivity contribution is 8.15. The fraction of sp³-hybridized carbons (Fsp3) is 0.286. The lowest BCUT2D eigenvalue weighted by molar-refractivity contribution is -0.119. The van der Waals surface area contributed by atoms with E-state index in [-0.39, 0.29) is 11.9 Å². The van der Waals surface area contributed by atoms with E-state index in [2.05, 4.69) is 20.3 Å². The maximum Gasteiger partial charge on any atom is 0.259 e. The number of carbonyl (C=O) groups is 1. The summed E-state index contributed by atoms with van der Waals surface area (Å²) in [5.41, 5.74) is 0. The van der Waals surface area contributed by atoms with Gasteiger partial charge in [0.15, 0.2) is 11.9 Å². The number of nitrogens with zero attached hydrogens (tertiary/aromatic N) is 3. The lowest BCUT2D eigenvalue weighted by Gasteiger charge is -2.19. The first-order valence-electron chi connectivity index (χ1n) is 3.84. The number of rotatable bonds is 0. The summed E-state index contributed by atoms with van der Waals surface area (Å²) in [5.74, 6) is -0.228. The smallest absolute Gasteiger partial charge is 0.259 e. The van der Waals surface area contributed by atoms with Gasteiger partial charge in [0.2, 0.25) is 5.96 Å². The molecular weight excluding hydrogens is 202 g/mol. The van der Waals surface area contributed by atoms with Crippen LogP contribution in [-0.4, -0.2) is 41.3 Å². The van der Waals surface area contributed by atoms with Crippen molar-refractivity contribution in [3.63, 3.8) is 0 Å². The van der Waals surface area contributed by atoms with Crippen molar-refractivity contribution >= 4 is 40.7 Å². The molecule has 1 unspecified atom stereocenters. The molecule has 0 spiro atoms. The summed E-state index contributed by atoms with van der Waals surface area (Å²) in [6.07, 6.45) is 3.41. The van der Waals surface area contributed by atoms with Crippen molar-refractivity contribution < 1.29 is 4.79 Å². The van der Waals surface area contributed by atoms with Crippen LogP contribution in [0.2, 0.25) is 0 Å². The monoisotopic (exact) mass is 209 g/mol. The minimum absolute atomic E-state index is 0.178. The first-order valence-corrected chi connectivity index (χ1v) is 5.07. The SMILES string of the molecule is CSC1=NC2=NC(=N)NC(=O)C2N=C1. The second kappa shape index (κ2) is 3.33. The molecule has 0 radical (unpaired) electrons. The fourth-order valence-corrected chi connectivity index (χ4v) is 1.46. The van der Waals surface area contributed by atoms with Gasteiger partial charge in [-0.05, 0) is 6.26 Å². The summed E-state index contributed by atoms with van der Waals surface area (Å²) in [7, 11) is 0. The third kappa shape index (κ3) is 1.46. The molecule has 0 fully saturated rings. The van der Waals surface area contributed by atoms with Crippen molar-refractivity contribution in [3.05, 3.63) is 0 Å². The number of aliphatic imine (C=N–C) groups is 3. The second-order valence-electron chi connectivity index (χ2n) is 2.64. The molecule has 0 bridgehead atoms. The molecule has 0 aliphatic carbocycles. The molecule has 0 aromatic heterocycles. The molecule has 1 atom stereocenters. The second-order valence-corrected chi connectivity index (χ2v) is 3.47. The molecule has 6 nitrogen and oxygen atoms in total. The normalized spacial score (nSPS) is 25.1. The van der Waals surface area contributed by atoms with E-state index in [1.807, 2.05) is 6.26 Å². The topological polar surface area (TPSA) is 90.0 Å². The minimum Gasteiger partial charge on any atom is -0.293 e. The Morgan fingerprint density at radius 2 is 2.36 bits per heavy atom. The van der Waals surface area contributed by atoms with Crippen LogP contribution in [0.3, 0.4) is 0 Å². The van der Waals surface area contributed by atoms with E-state index in [1.54, 1.807) is 6.21 Å². The summed E-state index contributed by atoms with van der Waals surface area (Å²) in [6.45, 7) is 0. The van der Waals surface area contributed by atoms with E-state index in [9.17, 15) is 4.79 Å². The van der Waals surface area contributed by atoms with E-state index in [1.165, 1.54) is 11.8 Å². The number of amidine groups is 1. The molecule has 2 N–H and O–H groups in total. The Morgan fingerprint density at radius 1 is 1.57 bits per heavy atom. The number of nitrogens with one attached hydrogen (secondary N) is 2. The summed E-state index contributed by atoms with van der Waals surface area (Å²) in [6, 6.07) is -0.681. The van der Waals surface area contributed by atoms with Crippen LogP contribution in [0, 0.1) is 5.41 Å². The number of hydrogen-bond donors (Lipinski definition) is 2. The van der Waals surface area contributed by atoms with Crippen LogP contribution in [0.5, 0.6) is 0 Å². The van der Waals surface area contributed by atoms with Gasteiger partial charge >= 0.3 is 0 Å². The molecule has 2 aliphatic rings. The van der Waals surface area contributed by atoms with E-state index >= 15 is 0 Å². The number of hydrogen-bond acceptors (Lipinski definition) is 5. The summed E-state index contributed by atoms with van der Waals surface area (Å²) in [5, 5.41) is 10.2. The van der Waals surface area contributed by atoms with Crippen molar-refractivity contribution in [1.82, 2.24) is 5.32 Å². The van der Waals surface area contributed by atoms with Crippen LogP contribution in [0.4, 0.5) is 0 Å². The van der Waals surface area contributed by atoms with Crippen molar-refractivity contribution in [3.8, 4) is 0 Å². The molecule has 2 aliphatic heterocycles. The predicted octanol–water partition coefficient (Wildman–Crippen LogP) is -0.336. The highest BCUT2D eigenvalue weighted by Gasteiger charge is 2.30. The molecule has 72 valence electrons. The van der Waals surface area contributed by atoms with Crippen molar-refractivity contribution in [1.29, 1.82) is 5.41 Å². The van der Waals surface area contributed by atoms with Gasteiger partial charge in [-0.15, -0.1) is 11.8 Å². The molecule has 7 heteroatoms. The molecule has 0 saturated carbocycles. The zero-order chi connectivity index (χ0) is 10.1. The Bertz CT molecular complexity index is 397. The molecule has 0 saturated heterocycles. The number of carbonyl (C=O) groups excluding carboxylic acids is 1. The van der Waals surface area contributed by atoms with Crippen LogP contribution >= 0.6 is 11.8 Å². The first kappa shape index (κ1) is 9.07. The standard InChI is InChI=1S/C7H7N5OS/c1-14-3-2-9-4-5(10-3)11-7(8)12-6(4)13/h2,4H,1H3,(H2,8,12,13). The minimum atomic E-state index is -0.681. The summed E-state index contributed by atoms with van der Waals surface area (Å²) >= 11 is 1.42. The first-order chi connectivity index (χ1) is 6.70. The molecule has 0 aromatic carbocycles. The number of thioether (sulfide) groups is 1. The van der Waals surface area contributed by atoms with Crippen LogP contribution in [0.15, 0.2) is 15.0 Å². The molecule has 0 aromatic rings. The Morgan fingerprint density at radius 3 is 3.07 bits per heavy atom. The maximum atomic E-state index is 11.3. The van der Waals surface area contributed by atoms with Gasteiger partial charge in [-0.25, -0.2) is 4.99 Å². The number of amides is 1. The zero-order valence-electron chi connectivity index (χ0n) is 7.31. The van der Waals surface area contributed by atoms with Crippen LogP contribution in [0.1, 0.15) is 0 Å². The van der Waals surface area contributed by atoms with Crippen molar-refractivity contribution in [2.24, 2.45) is 15.0 Å². The molecular formula is C7H7N5OS. The third-order valence-corrected chi connectivity index (χ3v) is 2.34. The van der Waals surface area contributed by atoms with E-state index in [0.29, 0.717) is 10.9 Å². The van der Waals surface area contributed by atoms with Gasteiger partial charge in [-0.2, -0.15) is 4.99 Å². The van der Waals surface area contributed by atoms with Crippen LogP contribution < -0.4 is 5.32 Å². The average Bonchev–Trinajstić information content (AvgIpc) is 2.16. The van der Waals surface area contributed by atoms with Crippen LogP contribution in [-0.2, 0) is 4.79 Å². The van der Waals surface area contributed by atoms with Crippen molar-refractivity contribution in [2.45, 2.75) is 6.04 Å². The molecule has 14 heavy (non-hydrogen) atoms. The largest absolute Gasteiger partial charge is 0.293 e. The number of fused-ring (bicyclic) bond motifs is 1. The Labute approximate surface area is 84.1 Å². The number of guanidine groups is 1. The van der Waals surface area contributed by atoms with Crippen molar-refractivity contribution in [2.75, 3.05) is 6.26 Å². The summed E-state index contributed by atoms with van der Waals surface area (Å²) in [4.78, 5) is 23.2. The van der Waals surface area contributed by atoms with E-state index in [4.69, 9.17) is 5.41 Å². The fourth-order valence-electron chi connectivity index (χ4n) is 1.10. The van der Waals surface area contributed by atoms with Crippen LogP contribution in [0.25, 0.3) is 0 Å². The quantitative estimate of drug-likeness (QED) is 0.571. The lowest BCUT2D eigenvalue weighted by Crippen LogP contribution is -2.47. The molecule has 2 rings (SSSR count). The average molecular weight is 209 g/mol. The highest BCUT2D eigenvalue weighted by Crippen LogP contribution is 2.10. The van der Waals surface area contributed by atoms with Gasteiger partial charge in [0, 0.05) is 0 Å². The maximum absolute atomic E-state index is 11.3. The van der Waals surface area contributed by atoms with E-state index in [0.717, 1.165) is 0 Å². The zero-order valence-corrected chi connectivity index (χ0v) is 8.13. The Balaban J connectivity index is 2.39. The molecule has 2 heterocycles. The highest BCUT2D eigenvalue weighted by atomic mass is 32.2.